The van der Waals surface area contributed by atoms with Crippen molar-refractivity contribution in [3.05, 3.63) is 28.1 Å². The third-order valence-electron chi connectivity index (χ3n) is 2.61. The van der Waals surface area contributed by atoms with Crippen LogP contribution in [0.5, 0.6) is 0 Å². The van der Waals surface area contributed by atoms with Crippen molar-refractivity contribution in [2.75, 3.05) is 26.0 Å². The number of non-ortho nitro benzene ring substituents is 1. The summed E-state index contributed by atoms with van der Waals surface area (Å²) < 4.78 is 44.9. The number of anilines is 1. The predicted molar refractivity (Wildman–Crippen MR) is 73.7 cm³/mol. The minimum absolute atomic E-state index is 0.0199. The molecular weight excluding hydrogens is 305 g/mol. The quantitative estimate of drug-likeness (QED) is 0.436. The molecule has 0 spiro atoms. The van der Waals surface area contributed by atoms with Gasteiger partial charge in [-0.1, -0.05) is 6.92 Å². The lowest BCUT2D eigenvalue weighted by Gasteiger charge is -2.13. The molecule has 1 aromatic carbocycles. The van der Waals surface area contributed by atoms with Gasteiger partial charge in [0, 0.05) is 26.3 Å². The molecule has 0 amide bonds. The molecule has 0 aliphatic carbocycles. The average Bonchev–Trinajstić information content (AvgIpc) is 2.35. The van der Waals surface area contributed by atoms with E-state index in [1.165, 1.54) is 7.11 Å². The van der Waals surface area contributed by atoms with Crippen molar-refractivity contribution in [2.24, 2.45) is 5.92 Å². The fourth-order valence-electron chi connectivity index (χ4n) is 1.66. The van der Waals surface area contributed by atoms with Crippen molar-refractivity contribution >= 4 is 21.4 Å². The van der Waals surface area contributed by atoms with Crippen molar-refractivity contribution in [3.63, 3.8) is 0 Å². The molecule has 0 saturated carbocycles. The third-order valence-corrected chi connectivity index (χ3v) is 4.12. The number of methoxy groups -OCH3 is 1. The topological polar surface area (TPSA) is 125 Å². The molecule has 8 nitrogen and oxygen atoms in total. The van der Waals surface area contributed by atoms with E-state index in [0.29, 0.717) is 12.7 Å². The van der Waals surface area contributed by atoms with Crippen LogP contribution in [0.25, 0.3) is 0 Å². The van der Waals surface area contributed by atoms with E-state index in [1.54, 1.807) is 6.92 Å². The number of nitro groups is 1. The van der Waals surface area contributed by atoms with Crippen molar-refractivity contribution in [2.45, 2.75) is 11.8 Å². The molecule has 0 heterocycles. The van der Waals surface area contributed by atoms with Crippen molar-refractivity contribution in [1.82, 2.24) is 4.72 Å². The fraction of sp³-hybridized carbons (Fsp3) is 0.455. The van der Waals surface area contributed by atoms with Crippen LogP contribution < -0.4 is 10.5 Å². The summed E-state index contributed by atoms with van der Waals surface area (Å²) >= 11 is 0. The predicted octanol–water partition coefficient (Wildman–Crippen LogP) is 0.877. The Morgan fingerprint density at radius 2 is 2.14 bits per heavy atom. The minimum Gasteiger partial charge on any atom is -0.397 e. The Morgan fingerprint density at radius 1 is 1.52 bits per heavy atom. The van der Waals surface area contributed by atoms with Gasteiger partial charge in [-0.25, -0.2) is 17.5 Å². The Labute approximate surface area is 121 Å². The summed E-state index contributed by atoms with van der Waals surface area (Å²) in [6.07, 6.45) is 0. The highest BCUT2D eigenvalue weighted by Crippen LogP contribution is 2.27. The molecule has 0 saturated heterocycles. The maximum atomic E-state index is 13.8. The molecule has 1 rings (SSSR count). The average molecular weight is 321 g/mol. The van der Waals surface area contributed by atoms with Crippen LogP contribution in [-0.4, -0.2) is 33.6 Å². The lowest BCUT2D eigenvalue weighted by atomic mass is 10.2. The number of ether oxygens (including phenoxy) is 1. The van der Waals surface area contributed by atoms with Crippen LogP contribution in [0.15, 0.2) is 17.0 Å². The molecule has 1 atom stereocenters. The Morgan fingerprint density at radius 3 is 2.62 bits per heavy atom. The van der Waals surface area contributed by atoms with Crippen molar-refractivity contribution in [1.29, 1.82) is 0 Å². The largest absolute Gasteiger partial charge is 0.397 e. The van der Waals surface area contributed by atoms with Gasteiger partial charge in [0.2, 0.25) is 10.0 Å². The van der Waals surface area contributed by atoms with E-state index in [1.807, 2.05) is 0 Å². The second-order valence-electron chi connectivity index (χ2n) is 4.52. The van der Waals surface area contributed by atoms with Crippen LogP contribution in [0.3, 0.4) is 0 Å². The Balaban J connectivity index is 3.06. The first-order chi connectivity index (χ1) is 9.69. The van der Waals surface area contributed by atoms with E-state index in [9.17, 15) is 22.9 Å². The van der Waals surface area contributed by atoms with Gasteiger partial charge in [0.15, 0.2) is 5.82 Å². The van der Waals surface area contributed by atoms with E-state index in [2.05, 4.69) is 4.72 Å². The number of sulfonamides is 1. The summed E-state index contributed by atoms with van der Waals surface area (Å²) in [6.45, 7) is 2.08. The van der Waals surface area contributed by atoms with Crippen LogP contribution in [0.4, 0.5) is 15.8 Å². The molecule has 21 heavy (non-hydrogen) atoms. The van der Waals surface area contributed by atoms with Gasteiger partial charge in [0.25, 0.3) is 5.69 Å². The first-order valence-corrected chi connectivity index (χ1v) is 7.39. The maximum absolute atomic E-state index is 13.8. The highest BCUT2D eigenvalue weighted by molar-refractivity contribution is 7.89. The zero-order valence-corrected chi connectivity index (χ0v) is 12.3. The number of nitrogens with two attached hydrogens (primary N) is 1. The molecule has 0 aromatic heterocycles. The monoisotopic (exact) mass is 321 g/mol. The Kier molecular flexibility index (Phi) is 5.58. The highest BCUT2D eigenvalue weighted by atomic mass is 32.2. The third kappa shape index (κ3) is 4.34. The van der Waals surface area contributed by atoms with Gasteiger partial charge >= 0.3 is 0 Å². The number of nitrogens with zero attached hydrogens (tertiary/aromatic N) is 1. The van der Waals surface area contributed by atoms with Crippen LogP contribution >= 0.6 is 0 Å². The molecule has 0 radical (unpaired) electrons. The van der Waals surface area contributed by atoms with Crippen molar-refractivity contribution < 1.29 is 22.5 Å². The minimum atomic E-state index is -4.21. The lowest BCUT2D eigenvalue weighted by molar-refractivity contribution is -0.385. The van der Waals surface area contributed by atoms with E-state index in [-0.39, 0.29) is 12.5 Å². The van der Waals surface area contributed by atoms with E-state index >= 15 is 0 Å². The summed E-state index contributed by atoms with van der Waals surface area (Å²) in [4.78, 5) is 8.91. The second-order valence-corrected chi connectivity index (χ2v) is 6.22. The van der Waals surface area contributed by atoms with Crippen molar-refractivity contribution in [3.8, 4) is 0 Å². The van der Waals surface area contributed by atoms with E-state index < -0.39 is 37.0 Å². The molecule has 1 unspecified atom stereocenters. The fourth-order valence-corrected chi connectivity index (χ4v) is 2.99. The SMILES string of the molecule is COCC(C)CNS(=O)(=O)c1c(N)cc([N+](=O)[O-])cc1F. The van der Waals surface area contributed by atoms with E-state index in [0.717, 1.165) is 6.07 Å². The van der Waals surface area contributed by atoms with Gasteiger partial charge in [-0.05, 0) is 5.92 Å². The number of rotatable bonds is 7. The number of nitrogen functional groups attached to an aromatic ring is 1. The number of benzene rings is 1. The zero-order valence-electron chi connectivity index (χ0n) is 11.5. The molecular formula is C11H16FN3O5S. The summed E-state index contributed by atoms with van der Waals surface area (Å²) in [5, 5.41) is 10.6. The van der Waals surface area contributed by atoms with Gasteiger partial charge in [-0.15, -0.1) is 0 Å². The van der Waals surface area contributed by atoms with Crippen LogP contribution in [0.1, 0.15) is 6.92 Å². The lowest BCUT2D eigenvalue weighted by Crippen LogP contribution is -2.31. The number of hydrogen-bond donors (Lipinski definition) is 2. The number of halogens is 1. The first kappa shape index (κ1) is 17.3. The van der Waals surface area contributed by atoms with Gasteiger partial charge < -0.3 is 10.5 Å². The van der Waals surface area contributed by atoms with Crippen LogP contribution in [-0.2, 0) is 14.8 Å². The van der Waals surface area contributed by atoms with Gasteiger partial charge in [0.1, 0.15) is 4.90 Å². The summed E-state index contributed by atoms with van der Waals surface area (Å²) in [5.41, 5.74) is 4.29. The van der Waals surface area contributed by atoms with Gasteiger partial charge in [0.05, 0.1) is 16.7 Å². The highest BCUT2D eigenvalue weighted by Gasteiger charge is 2.26. The molecule has 0 aliphatic heterocycles. The number of nitrogens with one attached hydrogen (secondary N) is 1. The molecule has 118 valence electrons. The molecule has 0 aliphatic rings. The van der Waals surface area contributed by atoms with E-state index in [4.69, 9.17) is 10.5 Å². The normalized spacial score (nSPS) is 13.1. The second kappa shape index (κ2) is 6.78. The summed E-state index contributed by atoms with van der Waals surface area (Å²) in [7, 11) is -2.73. The number of hydrogen-bond acceptors (Lipinski definition) is 6. The summed E-state index contributed by atoms with van der Waals surface area (Å²) in [5.74, 6) is -1.40. The van der Waals surface area contributed by atoms with Gasteiger partial charge in [-0.3, -0.25) is 10.1 Å². The molecule has 10 heteroatoms. The molecule has 0 fully saturated rings. The Hall–Kier alpha value is -1.78. The molecule has 1 aromatic rings. The molecule has 3 N–H and O–H groups in total. The van der Waals surface area contributed by atoms with Crippen LogP contribution in [0, 0.1) is 21.8 Å². The number of nitro benzene ring substituents is 1. The standard InChI is InChI=1S/C11H16FN3O5S/c1-7(6-20-2)5-14-21(18,19)11-9(12)3-8(15(16)17)4-10(11)13/h3-4,7,14H,5-6,13H2,1-2H3. The zero-order chi connectivity index (χ0) is 16.2. The van der Waals surface area contributed by atoms with Crippen LogP contribution in [0.2, 0.25) is 0 Å². The Bertz CT molecular complexity index is 612. The first-order valence-electron chi connectivity index (χ1n) is 5.91. The molecule has 0 bridgehead atoms. The van der Waals surface area contributed by atoms with Gasteiger partial charge in [-0.2, -0.15) is 0 Å². The maximum Gasteiger partial charge on any atom is 0.274 e. The smallest absolute Gasteiger partial charge is 0.274 e. The summed E-state index contributed by atoms with van der Waals surface area (Å²) in [6, 6.07) is 1.32.